The normalized spacial score (nSPS) is 11.9. The third-order valence-electron chi connectivity index (χ3n) is 2.76. The van der Waals surface area contributed by atoms with Crippen LogP contribution < -0.4 is 5.32 Å². The number of sulfonamides is 1. The number of benzene rings is 1. The minimum absolute atomic E-state index is 0.130. The molecule has 0 amide bonds. The second-order valence-electron chi connectivity index (χ2n) is 4.49. The third-order valence-corrected chi connectivity index (χ3v) is 4.76. The monoisotopic (exact) mass is 332 g/mol. The maximum absolute atomic E-state index is 12.9. The first-order chi connectivity index (χ1) is 9.80. The van der Waals surface area contributed by atoms with Crippen LogP contribution in [0.2, 0.25) is 5.02 Å². The quantitative estimate of drug-likeness (QED) is 0.914. The van der Waals surface area contributed by atoms with Gasteiger partial charge in [0.15, 0.2) is 0 Å². The van der Waals surface area contributed by atoms with E-state index in [0.717, 1.165) is 4.31 Å². The molecular formula is C13H14ClFN2O3S. The van der Waals surface area contributed by atoms with Gasteiger partial charge in [-0.3, -0.25) is 0 Å². The summed E-state index contributed by atoms with van der Waals surface area (Å²) in [6, 6.07) is 6.91. The van der Waals surface area contributed by atoms with E-state index >= 15 is 0 Å². The Morgan fingerprint density at radius 2 is 2.00 bits per heavy atom. The summed E-state index contributed by atoms with van der Waals surface area (Å²) in [5.74, 6) is -0.00118. The Kier molecular flexibility index (Phi) is 4.55. The molecule has 0 unspecified atom stereocenters. The van der Waals surface area contributed by atoms with Gasteiger partial charge in [0, 0.05) is 14.1 Å². The van der Waals surface area contributed by atoms with Gasteiger partial charge in [-0.05, 0) is 30.3 Å². The number of rotatable bonds is 5. The Hall–Kier alpha value is -1.57. The minimum Gasteiger partial charge on any atom is -0.446 e. The summed E-state index contributed by atoms with van der Waals surface area (Å²) in [5, 5.41) is 3.06. The van der Waals surface area contributed by atoms with Crippen LogP contribution >= 0.6 is 11.6 Å². The molecule has 8 heteroatoms. The van der Waals surface area contributed by atoms with Gasteiger partial charge in [0.2, 0.25) is 5.09 Å². The van der Waals surface area contributed by atoms with Crippen LogP contribution in [0.25, 0.3) is 0 Å². The highest BCUT2D eigenvalue weighted by atomic mass is 35.5. The van der Waals surface area contributed by atoms with Crippen LogP contribution in [0, 0.1) is 5.82 Å². The van der Waals surface area contributed by atoms with Gasteiger partial charge in [-0.1, -0.05) is 11.6 Å². The molecule has 1 N–H and O–H groups in total. The first-order valence-corrected chi connectivity index (χ1v) is 7.82. The van der Waals surface area contributed by atoms with E-state index in [1.165, 1.54) is 38.4 Å². The van der Waals surface area contributed by atoms with E-state index in [1.54, 1.807) is 6.07 Å². The van der Waals surface area contributed by atoms with E-state index < -0.39 is 15.8 Å². The molecule has 0 radical (unpaired) electrons. The zero-order valence-corrected chi connectivity index (χ0v) is 13.0. The van der Waals surface area contributed by atoms with Crippen molar-refractivity contribution in [2.24, 2.45) is 0 Å². The molecule has 5 nitrogen and oxygen atoms in total. The summed E-state index contributed by atoms with van der Waals surface area (Å²) in [5.41, 5.74) is 0.534. The van der Waals surface area contributed by atoms with Gasteiger partial charge in [-0.15, -0.1) is 0 Å². The number of nitrogens with one attached hydrogen (secondary N) is 1. The molecule has 1 heterocycles. The Morgan fingerprint density at radius 3 is 2.62 bits per heavy atom. The number of furan rings is 1. The summed E-state index contributed by atoms with van der Waals surface area (Å²) >= 11 is 5.88. The van der Waals surface area contributed by atoms with E-state index in [0.29, 0.717) is 11.4 Å². The van der Waals surface area contributed by atoms with Crippen molar-refractivity contribution >= 4 is 27.3 Å². The van der Waals surface area contributed by atoms with Crippen molar-refractivity contribution in [1.82, 2.24) is 4.31 Å². The van der Waals surface area contributed by atoms with Crippen LogP contribution in [0.1, 0.15) is 5.76 Å². The summed E-state index contributed by atoms with van der Waals surface area (Å²) in [6.07, 6.45) is 0. The highest BCUT2D eigenvalue weighted by molar-refractivity contribution is 7.88. The van der Waals surface area contributed by atoms with Gasteiger partial charge in [0.05, 0.1) is 17.3 Å². The van der Waals surface area contributed by atoms with Crippen LogP contribution in [0.5, 0.6) is 0 Å². The zero-order chi connectivity index (χ0) is 15.6. The lowest BCUT2D eigenvalue weighted by molar-refractivity contribution is 0.402. The molecular weight excluding hydrogens is 319 g/mol. The SMILES string of the molecule is CN(C)S(=O)(=O)c1ccc(CNc2ccc(F)cc2Cl)o1. The molecule has 0 bridgehead atoms. The predicted octanol–water partition coefficient (Wildman–Crippen LogP) is 2.93. The Morgan fingerprint density at radius 1 is 1.29 bits per heavy atom. The van der Waals surface area contributed by atoms with E-state index in [4.69, 9.17) is 16.0 Å². The molecule has 0 saturated heterocycles. The van der Waals surface area contributed by atoms with Crippen LogP contribution in [-0.2, 0) is 16.6 Å². The average Bonchev–Trinajstić information content (AvgIpc) is 2.87. The van der Waals surface area contributed by atoms with Gasteiger partial charge in [-0.2, -0.15) is 0 Å². The molecule has 1 aromatic carbocycles. The first-order valence-electron chi connectivity index (χ1n) is 6.01. The average molecular weight is 333 g/mol. The van der Waals surface area contributed by atoms with Crippen molar-refractivity contribution in [3.8, 4) is 0 Å². The van der Waals surface area contributed by atoms with Crippen molar-refractivity contribution in [2.45, 2.75) is 11.6 Å². The van der Waals surface area contributed by atoms with E-state index in [9.17, 15) is 12.8 Å². The van der Waals surface area contributed by atoms with Gasteiger partial charge in [-0.25, -0.2) is 17.1 Å². The summed E-state index contributed by atoms with van der Waals surface area (Å²) < 4.78 is 43.0. The van der Waals surface area contributed by atoms with Crippen molar-refractivity contribution in [3.63, 3.8) is 0 Å². The molecule has 0 atom stereocenters. The molecule has 0 spiro atoms. The fourth-order valence-electron chi connectivity index (χ4n) is 1.59. The maximum Gasteiger partial charge on any atom is 0.275 e. The summed E-state index contributed by atoms with van der Waals surface area (Å²) in [6.45, 7) is 0.230. The summed E-state index contributed by atoms with van der Waals surface area (Å²) in [4.78, 5) is 0. The van der Waals surface area contributed by atoms with Gasteiger partial charge < -0.3 is 9.73 Å². The molecule has 0 fully saturated rings. The molecule has 0 aliphatic heterocycles. The second kappa shape index (κ2) is 6.05. The number of hydrogen-bond donors (Lipinski definition) is 1. The highest BCUT2D eigenvalue weighted by Gasteiger charge is 2.21. The zero-order valence-electron chi connectivity index (χ0n) is 11.4. The Labute approximate surface area is 127 Å². The molecule has 21 heavy (non-hydrogen) atoms. The van der Waals surface area contributed by atoms with Crippen LogP contribution in [-0.4, -0.2) is 26.8 Å². The number of hydrogen-bond acceptors (Lipinski definition) is 4. The van der Waals surface area contributed by atoms with E-state index in [-0.39, 0.29) is 16.7 Å². The van der Waals surface area contributed by atoms with Gasteiger partial charge >= 0.3 is 0 Å². The van der Waals surface area contributed by atoms with E-state index in [1.807, 2.05) is 0 Å². The highest BCUT2D eigenvalue weighted by Crippen LogP contribution is 2.24. The fraction of sp³-hybridized carbons (Fsp3) is 0.231. The minimum atomic E-state index is -3.59. The first kappa shape index (κ1) is 15.8. The molecule has 1 aromatic heterocycles. The van der Waals surface area contributed by atoms with Crippen molar-refractivity contribution in [3.05, 3.63) is 46.9 Å². The molecule has 0 aliphatic rings. The lowest BCUT2D eigenvalue weighted by Gasteiger charge is -2.08. The lowest BCUT2D eigenvalue weighted by atomic mass is 10.3. The van der Waals surface area contributed by atoms with Gasteiger partial charge in [0.25, 0.3) is 10.0 Å². The smallest absolute Gasteiger partial charge is 0.275 e. The third kappa shape index (κ3) is 3.55. The second-order valence-corrected chi connectivity index (χ2v) is 6.98. The number of halogens is 2. The van der Waals surface area contributed by atoms with Crippen molar-refractivity contribution in [1.29, 1.82) is 0 Å². The van der Waals surface area contributed by atoms with Crippen LogP contribution in [0.4, 0.5) is 10.1 Å². The fourth-order valence-corrected chi connectivity index (χ4v) is 2.63. The predicted molar refractivity (Wildman–Crippen MR) is 78.3 cm³/mol. The van der Waals surface area contributed by atoms with Gasteiger partial charge in [0.1, 0.15) is 11.6 Å². The largest absolute Gasteiger partial charge is 0.446 e. The van der Waals surface area contributed by atoms with Crippen LogP contribution in [0.3, 0.4) is 0 Å². The lowest BCUT2D eigenvalue weighted by Crippen LogP contribution is -2.21. The van der Waals surface area contributed by atoms with Crippen molar-refractivity contribution in [2.75, 3.05) is 19.4 Å². The number of anilines is 1. The molecule has 114 valence electrons. The standard InChI is InChI=1S/C13H14ClFN2O3S/c1-17(2)21(18,19)13-6-4-10(20-13)8-16-12-5-3-9(15)7-11(12)14/h3-7,16H,8H2,1-2H3. The molecule has 2 aromatic rings. The molecule has 0 aliphatic carbocycles. The maximum atomic E-state index is 12.9. The Bertz CT molecular complexity index is 744. The topological polar surface area (TPSA) is 62.6 Å². The molecule has 0 saturated carbocycles. The molecule has 2 rings (SSSR count). The van der Waals surface area contributed by atoms with E-state index in [2.05, 4.69) is 5.32 Å². The van der Waals surface area contributed by atoms with Crippen molar-refractivity contribution < 1.29 is 17.2 Å². The van der Waals surface area contributed by atoms with Crippen LogP contribution in [0.15, 0.2) is 39.8 Å². The summed E-state index contributed by atoms with van der Waals surface area (Å²) in [7, 11) is -0.740. The number of nitrogens with zero attached hydrogens (tertiary/aromatic N) is 1. The Balaban J connectivity index is 2.10.